The quantitative estimate of drug-likeness (QED) is 0.356. The number of halogens is 1. The lowest BCUT2D eigenvalue weighted by atomic mass is 10.0. The Labute approximate surface area is 108 Å². The summed E-state index contributed by atoms with van der Waals surface area (Å²) in [6, 6.07) is 2.58. The fourth-order valence-corrected chi connectivity index (χ4v) is 1.80. The summed E-state index contributed by atoms with van der Waals surface area (Å²) in [6.45, 7) is 0.00577. The molecular weight excluding hydrogens is 262 g/mol. The molecule has 2 rings (SSSR count). The zero-order chi connectivity index (χ0) is 13.1. The number of Topliss-reactive ketones (excluding diaryl/α,β-unsaturated/α-hetero) is 1. The number of nitro groups is 1. The van der Waals surface area contributed by atoms with E-state index in [0.717, 1.165) is 0 Å². The molecule has 1 aliphatic heterocycles. The second-order valence-electron chi connectivity index (χ2n) is 3.70. The van der Waals surface area contributed by atoms with Crippen LogP contribution >= 0.6 is 11.6 Å². The Balaban J connectivity index is 2.38. The molecule has 0 aromatic heterocycles. The van der Waals surface area contributed by atoms with Crippen molar-refractivity contribution in [1.29, 1.82) is 0 Å². The van der Waals surface area contributed by atoms with Crippen molar-refractivity contribution >= 4 is 23.1 Å². The van der Waals surface area contributed by atoms with Crippen LogP contribution in [0.5, 0.6) is 11.5 Å². The van der Waals surface area contributed by atoms with E-state index in [0.29, 0.717) is 18.1 Å². The van der Waals surface area contributed by atoms with Gasteiger partial charge in [-0.2, -0.15) is 0 Å². The minimum atomic E-state index is -0.601. The lowest BCUT2D eigenvalue weighted by Gasteiger charge is -2.03. The van der Waals surface area contributed by atoms with Crippen molar-refractivity contribution in [1.82, 2.24) is 0 Å². The highest BCUT2D eigenvalue weighted by Gasteiger charge is 2.26. The third-order valence-electron chi connectivity index (χ3n) is 2.53. The number of carbonyl (C=O) groups excluding carboxylic acids is 1. The Hall–Kier alpha value is -1.82. The van der Waals surface area contributed by atoms with Crippen LogP contribution in [-0.4, -0.2) is 23.4 Å². The highest BCUT2D eigenvalue weighted by atomic mass is 35.5. The van der Waals surface area contributed by atoms with Gasteiger partial charge < -0.3 is 9.47 Å². The summed E-state index contributed by atoms with van der Waals surface area (Å²) in [4.78, 5) is 22.2. The van der Waals surface area contributed by atoms with Crippen molar-refractivity contribution in [3.63, 3.8) is 0 Å². The Morgan fingerprint density at radius 1 is 1.39 bits per heavy atom. The number of fused-ring (bicyclic) bond motifs is 1. The van der Waals surface area contributed by atoms with Crippen molar-refractivity contribution in [3.8, 4) is 11.5 Å². The van der Waals surface area contributed by atoms with E-state index >= 15 is 0 Å². The summed E-state index contributed by atoms with van der Waals surface area (Å²) < 4.78 is 10.2. The Morgan fingerprint density at radius 3 is 2.67 bits per heavy atom. The van der Waals surface area contributed by atoms with Crippen LogP contribution in [0.4, 0.5) is 5.69 Å². The molecule has 0 aliphatic carbocycles. The van der Waals surface area contributed by atoms with Gasteiger partial charge in [-0.25, -0.2) is 0 Å². The number of alkyl halides is 1. The lowest BCUT2D eigenvalue weighted by molar-refractivity contribution is -0.385. The zero-order valence-corrected chi connectivity index (χ0v) is 10.1. The molecule has 6 nitrogen and oxygen atoms in total. The maximum absolute atomic E-state index is 11.9. The van der Waals surface area contributed by atoms with Crippen molar-refractivity contribution in [2.75, 3.05) is 12.7 Å². The van der Waals surface area contributed by atoms with Crippen molar-refractivity contribution in [3.05, 3.63) is 27.8 Å². The number of carbonyl (C=O) groups is 1. The molecule has 1 aromatic rings. The second-order valence-corrected chi connectivity index (χ2v) is 4.07. The van der Waals surface area contributed by atoms with Gasteiger partial charge in [0.05, 0.1) is 16.6 Å². The van der Waals surface area contributed by atoms with Crippen LogP contribution in [0.1, 0.15) is 23.2 Å². The molecule has 7 heteroatoms. The summed E-state index contributed by atoms with van der Waals surface area (Å²) in [6.07, 6.45) is 0.649. The van der Waals surface area contributed by atoms with Gasteiger partial charge in [0.15, 0.2) is 17.3 Å². The monoisotopic (exact) mass is 271 g/mol. The SMILES string of the molecule is O=C(CCCCl)c1cc2c(cc1[N+](=O)[O-])OCO2. The van der Waals surface area contributed by atoms with Gasteiger partial charge in [0.2, 0.25) is 6.79 Å². The molecule has 1 heterocycles. The summed E-state index contributed by atoms with van der Waals surface area (Å²) >= 11 is 5.50. The van der Waals surface area contributed by atoms with Crippen LogP contribution in [0.25, 0.3) is 0 Å². The van der Waals surface area contributed by atoms with E-state index in [1.165, 1.54) is 12.1 Å². The van der Waals surface area contributed by atoms with E-state index in [4.69, 9.17) is 21.1 Å². The molecule has 0 amide bonds. The van der Waals surface area contributed by atoms with E-state index in [9.17, 15) is 14.9 Å². The van der Waals surface area contributed by atoms with Crippen LogP contribution in [0.3, 0.4) is 0 Å². The topological polar surface area (TPSA) is 78.7 Å². The van der Waals surface area contributed by atoms with Crippen LogP contribution in [0.2, 0.25) is 0 Å². The van der Waals surface area contributed by atoms with E-state index in [2.05, 4.69) is 0 Å². The van der Waals surface area contributed by atoms with Gasteiger partial charge in [-0.3, -0.25) is 14.9 Å². The number of ether oxygens (including phenoxy) is 2. The van der Waals surface area contributed by atoms with Crippen LogP contribution in [-0.2, 0) is 0 Å². The zero-order valence-electron chi connectivity index (χ0n) is 9.35. The summed E-state index contributed by atoms with van der Waals surface area (Å²) in [7, 11) is 0. The fraction of sp³-hybridized carbons (Fsp3) is 0.364. The number of hydrogen-bond donors (Lipinski definition) is 0. The van der Waals surface area contributed by atoms with E-state index < -0.39 is 4.92 Å². The van der Waals surface area contributed by atoms with Gasteiger partial charge in [0, 0.05) is 18.4 Å². The predicted molar refractivity (Wildman–Crippen MR) is 63.5 cm³/mol. The molecule has 0 radical (unpaired) electrons. The van der Waals surface area contributed by atoms with Gasteiger partial charge in [-0.15, -0.1) is 11.6 Å². The Morgan fingerprint density at radius 2 is 2.06 bits per heavy atom. The minimum Gasteiger partial charge on any atom is -0.454 e. The number of rotatable bonds is 5. The first-order valence-electron chi connectivity index (χ1n) is 5.30. The summed E-state index contributed by atoms with van der Waals surface area (Å²) in [5.74, 6) is 0.662. The highest BCUT2D eigenvalue weighted by Crippen LogP contribution is 2.38. The van der Waals surface area contributed by atoms with Gasteiger partial charge in [0.1, 0.15) is 0 Å². The van der Waals surface area contributed by atoms with E-state index in [1.54, 1.807) is 0 Å². The van der Waals surface area contributed by atoms with Gasteiger partial charge in [0.25, 0.3) is 5.69 Å². The number of nitro benzene ring substituents is 1. The standard InChI is InChI=1S/C11H10ClNO5/c12-3-1-2-9(14)7-4-10-11(18-6-17-10)5-8(7)13(15)16/h4-5H,1-3,6H2. The van der Waals surface area contributed by atoms with E-state index in [-0.39, 0.29) is 36.0 Å². The largest absolute Gasteiger partial charge is 0.454 e. The molecule has 0 atom stereocenters. The summed E-state index contributed by atoms with van der Waals surface area (Å²) in [5, 5.41) is 10.9. The van der Waals surface area contributed by atoms with Gasteiger partial charge >= 0.3 is 0 Å². The van der Waals surface area contributed by atoms with Crippen molar-refractivity contribution in [2.24, 2.45) is 0 Å². The Kier molecular flexibility index (Phi) is 3.66. The predicted octanol–water partition coefficient (Wildman–Crippen LogP) is 2.53. The molecule has 0 bridgehead atoms. The number of benzene rings is 1. The molecule has 0 unspecified atom stereocenters. The molecule has 0 saturated heterocycles. The highest BCUT2D eigenvalue weighted by molar-refractivity contribution is 6.18. The third kappa shape index (κ3) is 2.38. The Bertz CT molecular complexity index is 502. The first kappa shape index (κ1) is 12.6. The molecular formula is C11H10ClNO5. The third-order valence-corrected chi connectivity index (χ3v) is 2.79. The number of nitrogens with zero attached hydrogens (tertiary/aromatic N) is 1. The smallest absolute Gasteiger partial charge is 0.284 e. The van der Waals surface area contributed by atoms with Crippen molar-refractivity contribution in [2.45, 2.75) is 12.8 Å². The van der Waals surface area contributed by atoms with Gasteiger partial charge in [-0.05, 0) is 6.42 Å². The average Bonchev–Trinajstić information content (AvgIpc) is 2.81. The maximum atomic E-state index is 11.9. The number of ketones is 1. The first-order valence-corrected chi connectivity index (χ1v) is 5.84. The lowest BCUT2D eigenvalue weighted by Crippen LogP contribution is -2.04. The molecule has 18 heavy (non-hydrogen) atoms. The van der Waals surface area contributed by atoms with Crippen LogP contribution < -0.4 is 9.47 Å². The molecule has 0 spiro atoms. The van der Waals surface area contributed by atoms with E-state index in [1.807, 2.05) is 0 Å². The molecule has 0 N–H and O–H groups in total. The average molecular weight is 272 g/mol. The molecule has 0 fully saturated rings. The van der Waals surface area contributed by atoms with Crippen LogP contribution in [0, 0.1) is 10.1 Å². The fourth-order valence-electron chi connectivity index (χ4n) is 1.67. The second kappa shape index (κ2) is 5.22. The molecule has 0 saturated carbocycles. The maximum Gasteiger partial charge on any atom is 0.284 e. The molecule has 1 aromatic carbocycles. The summed E-state index contributed by atoms with van der Waals surface area (Å²) in [5.41, 5.74) is -0.229. The minimum absolute atomic E-state index is 0.00577. The first-order chi connectivity index (χ1) is 8.63. The molecule has 96 valence electrons. The normalized spacial score (nSPS) is 12.5. The van der Waals surface area contributed by atoms with Gasteiger partial charge in [-0.1, -0.05) is 0 Å². The van der Waals surface area contributed by atoms with Crippen LogP contribution in [0.15, 0.2) is 12.1 Å². The molecule has 1 aliphatic rings. The number of hydrogen-bond acceptors (Lipinski definition) is 5. The van der Waals surface area contributed by atoms with Crippen molar-refractivity contribution < 1.29 is 19.2 Å².